The summed E-state index contributed by atoms with van der Waals surface area (Å²) in [6.07, 6.45) is -3.35. The molecule has 6 nitrogen and oxygen atoms in total. The van der Waals surface area contributed by atoms with Gasteiger partial charge in [-0.25, -0.2) is 4.79 Å². The molecule has 4 heterocycles. The molecule has 1 saturated heterocycles. The zero-order valence-electron chi connectivity index (χ0n) is 23.6. The zero-order valence-corrected chi connectivity index (χ0v) is 24.5. The molecule has 3 aliphatic rings. The number of aryl methyl sites for hydroxylation is 2. The van der Waals surface area contributed by atoms with E-state index in [0.29, 0.717) is 15.6 Å². The van der Waals surface area contributed by atoms with E-state index in [-0.39, 0.29) is 16.7 Å². The highest BCUT2D eigenvalue weighted by molar-refractivity contribution is 7.17. The van der Waals surface area contributed by atoms with Crippen molar-refractivity contribution in [3.05, 3.63) is 80.2 Å². The Morgan fingerprint density at radius 3 is 2.00 bits per heavy atom. The summed E-state index contributed by atoms with van der Waals surface area (Å²) in [6, 6.07) is 10.2. The lowest BCUT2D eigenvalue weighted by atomic mass is 9.66. The van der Waals surface area contributed by atoms with Crippen LogP contribution in [0.1, 0.15) is 59.0 Å². The number of fused-ring (bicyclic) bond motifs is 4. The maximum Gasteiger partial charge on any atom is 0.402 e. The van der Waals surface area contributed by atoms with Crippen molar-refractivity contribution in [2.24, 2.45) is 0 Å². The van der Waals surface area contributed by atoms with Crippen LogP contribution in [-0.4, -0.2) is 47.9 Å². The highest BCUT2D eigenvalue weighted by Gasteiger charge is 2.60. The minimum atomic E-state index is -4.65. The molecule has 1 fully saturated rings. The van der Waals surface area contributed by atoms with E-state index in [9.17, 15) is 14.4 Å². The molecule has 0 spiro atoms. The van der Waals surface area contributed by atoms with Crippen molar-refractivity contribution >= 4 is 51.6 Å². The monoisotopic (exact) mass is 579 g/mol. The van der Waals surface area contributed by atoms with Gasteiger partial charge in [-0.3, -0.25) is 19.4 Å². The van der Waals surface area contributed by atoms with Crippen molar-refractivity contribution in [1.29, 1.82) is 0 Å². The highest BCUT2D eigenvalue weighted by atomic mass is 32.1. The Labute approximate surface area is 239 Å². The number of barbiturate groups is 1. The fraction of sp³-hybridized carbons (Fsp3) is 0.323. The first-order valence-corrected chi connectivity index (χ1v) is 13.9. The van der Waals surface area contributed by atoms with Crippen molar-refractivity contribution in [3.8, 4) is 0 Å². The number of carbonyl (C=O) groups excluding carboxylic acids is 3. The van der Waals surface area contributed by atoms with Gasteiger partial charge in [0.2, 0.25) is 0 Å². The molecule has 2 aromatic carbocycles. The van der Waals surface area contributed by atoms with Gasteiger partial charge in [-0.2, -0.15) is 13.2 Å². The maximum atomic E-state index is 15.3. The van der Waals surface area contributed by atoms with Crippen LogP contribution < -0.4 is 4.90 Å². The van der Waals surface area contributed by atoms with Crippen molar-refractivity contribution in [2.75, 3.05) is 19.0 Å². The van der Waals surface area contributed by atoms with Crippen molar-refractivity contribution in [2.45, 2.75) is 51.6 Å². The lowest BCUT2D eigenvalue weighted by Crippen LogP contribution is -2.52. The Kier molecular flexibility index (Phi) is 5.53. The van der Waals surface area contributed by atoms with E-state index in [1.807, 2.05) is 50.8 Å². The Hall–Kier alpha value is -3.92. The molecule has 3 aliphatic heterocycles. The largest absolute Gasteiger partial charge is 0.402 e. The van der Waals surface area contributed by atoms with Crippen molar-refractivity contribution in [3.63, 3.8) is 0 Å². The standard InChI is InChI=1S/C31H28F3N3O3S/c1-15-8-9-23-19(10-15)29(3,4)20-11-16(2)12-21-24(20)37(23)27-22(30(21,5)31(32,33)34)14-17(41-27)13-18-25(38)35(6)28(40)36(7)26(18)39/h8-14H,1-7H3. The topological polar surface area (TPSA) is 60.9 Å². The summed E-state index contributed by atoms with van der Waals surface area (Å²) >= 11 is 1.09. The van der Waals surface area contributed by atoms with E-state index in [1.165, 1.54) is 33.2 Å². The van der Waals surface area contributed by atoms with E-state index < -0.39 is 34.9 Å². The summed E-state index contributed by atoms with van der Waals surface area (Å²) < 4.78 is 45.9. The number of rotatable bonds is 1. The maximum absolute atomic E-state index is 15.3. The van der Waals surface area contributed by atoms with E-state index in [2.05, 4.69) is 6.07 Å². The molecular weight excluding hydrogens is 551 g/mol. The molecule has 4 amide bonds. The third-order valence-electron chi connectivity index (χ3n) is 8.73. The summed E-state index contributed by atoms with van der Waals surface area (Å²) in [5.74, 6) is -1.60. The van der Waals surface area contributed by atoms with Gasteiger partial charge >= 0.3 is 12.2 Å². The van der Waals surface area contributed by atoms with Crippen LogP contribution in [0.5, 0.6) is 0 Å². The lowest BCUT2D eigenvalue weighted by molar-refractivity contribution is -0.173. The summed E-state index contributed by atoms with van der Waals surface area (Å²) in [5.41, 5.74) is 1.88. The van der Waals surface area contributed by atoms with Crippen LogP contribution in [0.4, 0.5) is 34.3 Å². The Morgan fingerprint density at radius 1 is 0.805 bits per heavy atom. The SMILES string of the molecule is Cc1ccc2c(c1)C(C)(C)c1cc(C)cc3c1N2c1sc(C=C2C(=O)N(C)C(=O)N(C)C2=O)cc1C3(C)C(F)(F)F. The average Bonchev–Trinajstić information content (AvgIpc) is 3.32. The van der Waals surface area contributed by atoms with Crippen molar-refractivity contribution < 1.29 is 27.6 Å². The minimum absolute atomic E-state index is 0.0469. The molecule has 6 rings (SSSR count). The summed E-state index contributed by atoms with van der Waals surface area (Å²) in [7, 11) is 2.52. The summed E-state index contributed by atoms with van der Waals surface area (Å²) in [6.45, 7) is 9.08. The van der Waals surface area contributed by atoms with Gasteiger partial charge in [0.15, 0.2) is 0 Å². The fourth-order valence-corrected chi connectivity index (χ4v) is 7.49. The molecule has 0 radical (unpaired) electrons. The van der Waals surface area contributed by atoms with Crippen LogP contribution in [0.15, 0.2) is 42.0 Å². The minimum Gasteiger partial charge on any atom is -0.301 e. The Morgan fingerprint density at radius 2 is 1.39 bits per heavy atom. The Bertz CT molecular complexity index is 1730. The van der Waals surface area contributed by atoms with Crippen LogP contribution in [0.2, 0.25) is 0 Å². The van der Waals surface area contributed by atoms with Crippen molar-refractivity contribution in [1.82, 2.24) is 9.80 Å². The number of likely N-dealkylation sites (N-methyl/N-ethyl adjacent to an activating group) is 2. The third-order valence-corrected chi connectivity index (χ3v) is 9.79. The molecule has 0 aliphatic carbocycles. The number of urea groups is 1. The number of imide groups is 2. The van der Waals surface area contributed by atoms with Crippen LogP contribution in [-0.2, 0) is 20.4 Å². The van der Waals surface area contributed by atoms with E-state index in [4.69, 9.17) is 0 Å². The molecule has 212 valence electrons. The molecule has 1 atom stereocenters. The predicted octanol–water partition coefficient (Wildman–Crippen LogP) is 7.09. The molecule has 1 aromatic heterocycles. The molecule has 3 aromatic rings. The van der Waals surface area contributed by atoms with E-state index in [1.54, 1.807) is 6.07 Å². The van der Waals surface area contributed by atoms with E-state index >= 15 is 13.2 Å². The summed E-state index contributed by atoms with van der Waals surface area (Å²) in [5, 5.41) is 0.378. The molecule has 0 bridgehead atoms. The smallest absolute Gasteiger partial charge is 0.301 e. The fourth-order valence-electron chi connectivity index (χ4n) is 6.26. The highest BCUT2D eigenvalue weighted by Crippen LogP contribution is 2.65. The van der Waals surface area contributed by atoms with Gasteiger partial charge in [0.1, 0.15) is 16.0 Å². The van der Waals surface area contributed by atoms with Gasteiger partial charge in [-0.05, 0) is 55.7 Å². The van der Waals surface area contributed by atoms with Gasteiger partial charge in [-0.1, -0.05) is 49.2 Å². The number of hydrogen-bond donors (Lipinski definition) is 0. The first kappa shape index (κ1) is 27.3. The van der Waals surface area contributed by atoms with Crippen LogP contribution >= 0.6 is 11.3 Å². The molecular formula is C31H28F3N3O3S. The number of hydrogen-bond acceptors (Lipinski definition) is 5. The molecule has 1 unspecified atom stereocenters. The van der Waals surface area contributed by atoms with E-state index in [0.717, 1.165) is 49.1 Å². The van der Waals surface area contributed by atoms with Gasteiger partial charge in [0.05, 0.1) is 11.4 Å². The number of anilines is 3. The zero-order chi connectivity index (χ0) is 30.0. The average molecular weight is 580 g/mol. The second kappa shape index (κ2) is 8.31. The lowest BCUT2D eigenvalue weighted by Gasteiger charge is -2.49. The third kappa shape index (κ3) is 3.46. The predicted molar refractivity (Wildman–Crippen MR) is 152 cm³/mol. The second-order valence-electron chi connectivity index (χ2n) is 11.7. The Balaban J connectivity index is 1.68. The summed E-state index contributed by atoms with van der Waals surface area (Å²) in [4.78, 5) is 41.8. The van der Waals surface area contributed by atoms with Gasteiger partial charge in [0, 0.05) is 30.0 Å². The van der Waals surface area contributed by atoms with Crippen LogP contribution in [0.25, 0.3) is 6.08 Å². The number of nitrogens with zero attached hydrogens (tertiary/aromatic N) is 3. The van der Waals surface area contributed by atoms with Gasteiger partial charge in [-0.15, -0.1) is 11.3 Å². The number of thiophene rings is 1. The van der Waals surface area contributed by atoms with Gasteiger partial charge in [0.25, 0.3) is 11.8 Å². The normalized spacial score (nSPS) is 21.2. The number of amides is 4. The number of carbonyl (C=O) groups is 3. The molecule has 10 heteroatoms. The number of halogens is 3. The van der Waals surface area contributed by atoms with Gasteiger partial charge < -0.3 is 4.90 Å². The number of benzene rings is 2. The molecule has 41 heavy (non-hydrogen) atoms. The van der Waals surface area contributed by atoms with Crippen LogP contribution in [0.3, 0.4) is 0 Å². The first-order valence-electron chi connectivity index (χ1n) is 13.1. The molecule has 0 saturated carbocycles. The quantitative estimate of drug-likeness (QED) is 0.228. The number of alkyl halides is 3. The second-order valence-corrected chi connectivity index (χ2v) is 12.8. The van der Waals surface area contributed by atoms with Crippen LogP contribution in [0, 0.1) is 13.8 Å². The first-order chi connectivity index (χ1) is 19.0. The molecule has 0 N–H and O–H groups in total.